The largest absolute Gasteiger partial charge is 0.367 e. The summed E-state index contributed by atoms with van der Waals surface area (Å²) in [5.74, 6) is 3.81. The Labute approximate surface area is 138 Å². The van der Waals surface area contributed by atoms with Gasteiger partial charge in [-0.25, -0.2) is 4.52 Å². The Morgan fingerprint density at radius 2 is 2.35 bits per heavy atom. The van der Waals surface area contributed by atoms with Crippen molar-refractivity contribution < 1.29 is 0 Å². The monoisotopic (exact) mass is 329 g/mol. The van der Waals surface area contributed by atoms with Crippen LogP contribution in [0.15, 0.2) is 24.4 Å². The van der Waals surface area contributed by atoms with Crippen LogP contribution in [-0.2, 0) is 0 Å². The van der Waals surface area contributed by atoms with Gasteiger partial charge in [0.15, 0.2) is 11.6 Å². The van der Waals surface area contributed by atoms with E-state index in [0.717, 1.165) is 29.5 Å². The summed E-state index contributed by atoms with van der Waals surface area (Å²) in [6.07, 6.45) is 6.51. The Morgan fingerprint density at radius 1 is 1.43 bits per heavy atom. The summed E-state index contributed by atoms with van der Waals surface area (Å²) in [7, 11) is 0. The molecule has 1 fully saturated rings. The molecule has 1 aliphatic rings. The summed E-state index contributed by atoms with van der Waals surface area (Å²) in [5.41, 5.74) is 2.16. The molecular formula is C15H19N7S. The highest BCUT2D eigenvalue weighted by atomic mass is 32.2. The molecule has 3 aromatic rings. The number of nitrogens with zero attached hydrogens (tertiary/aromatic N) is 4. The van der Waals surface area contributed by atoms with E-state index in [1.807, 2.05) is 28.9 Å². The lowest BCUT2D eigenvalue weighted by atomic mass is 10.3. The molecule has 0 spiro atoms. The van der Waals surface area contributed by atoms with Crippen molar-refractivity contribution in [3.05, 3.63) is 30.1 Å². The number of hydrogen-bond acceptors (Lipinski definition) is 6. The smallest absolute Gasteiger partial charge is 0.248 e. The normalized spacial score (nSPS) is 14.3. The van der Waals surface area contributed by atoms with Crippen LogP contribution in [0.3, 0.4) is 0 Å². The molecule has 0 bridgehead atoms. The Morgan fingerprint density at radius 3 is 3.17 bits per heavy atom. The highest BCUT2D eigenvalue weighted by Crippen LogP contribution is 2.39. The zero-order valence-corrected chi connectivity index (χ0v) is 13.7. The number of aromatic nitrogens is 5. The Balaban J connectivity index is 1.57. The average Bonchev–Trinajstić information content (AvgIpc) is 3.11. The molecule has 0 aliphatic heterocycles. The van der Waals surface area contributed by atoms with Crippen molar-refractivity contribution in [2.24, 2.45) is 0 Å². The first-order valence-electron chi connectivity index (χ1n) is 7.74. The highest BCUT2D eigenvalue weighted by Gasteiger charge is 2.25. The number of anilines is 3. The first kappa shape index (κ1) is 14.4. The predicted octanol–water partition coefficient (Wildman–Crippen LogP) is 2.85. The van der Waals surface area contributed by atoms with Crippen LogP contribution < -0.4 is 10.6 Å². The molecule has 3 N–H and O–H groups in total. The highest BCUT2D eigenvalue weighted by molar-refractivity contribution is 7.98. The van der Waals surface area contributed by atoms with Crippen LogP contribution in [0, 0.1) is 0 Å². The van der Waals surface area contributed by atoms with Crippen molar-refractivity contribution in [1.82, 2.24) is 24.8 Å². The van der Waals surface area contributed by atoms with Crippen LogP contribution in [0.2, 0.25) is 0 Å². The number of H-pyrrole nitrogens is 1. The summed E-state index contributed by atoms with van der Waals surface area (Å²) in [4.78, 5) is 4.59. The molecule has 3 heterocycles. The lowest BCUT2D eigenvalue weighted by molar-refractivity contribution is 0.907. The lowest BCUT2D eigenvalue weighted by Crippen LogP contribution is -2.10. The summed E-state index contributed by atoms with van der Waals surface area (Å²) >= 11 is 1.80. The fraction of sp³-hybridized carbons (Fsp3) is 0.400. The molecule has 3 aromatic heterocycles. The summed E-state index contributed by atoms with van der Waals surface area (Å²) in [5, 5.41) is 18.4. The fourth-order valence-corrected chi connectivity index (χ4v) is 2.81. The topological polar surface area (TPSA) is 82.9 Å². The van der Waals surface area contributed by atoms with E-state index in [0.29, 0.717) is 11.9 Å². The van der Waals surface area contributed by atoms with Crippen molar-refractivity contribution in [2.75, 3.05) is 29.2 Å². The summed E-state index contributed by atoms with van der Waals surface area (Å²) in [6, 6.07) is 6.01. The van der Waals surface area contributed by atoms with Gasteiger partial charge in [0.25, 0.3) is 0 Å². The van der Waals surface area contributed by atoms with Gasteiger partial charge < -0.3 is 10.6 Å². The fourth-order valence-electron chi connectivity index (χ4n) is 2.51. The van der Waals surface area contributed by atoms with E-state index in [9.17, 15) is 0 Å². The van der Waals surface area contributed by atoms with E-state index in [4.69, 9.17) is 0 Å². The van der Waals surface area contributed by atoms with Gasteiger partial charge in [0.2, 0.25) is 5.95 Å². The van der Waals surface area contributed by atoms with Crippen molar-refractivity contribution in [1.29, 1.82) is 0 Å². The van der Waals surface area contributed by atoms with Gasteiger partial charge in [-0.2, -0.15) is 21.8 Å². The molecule has 23 heavy (non-hydrogen) atoms. The molecular weight excluding hydrogens is 310 g/mol. The number of thioether (sulfide) groups is 1. The second-order valence-electron chi connectivity index (χ2n) is 5.65. The Bertz CT molecular complexity index is 805. The van der Waals surface area contributed by atoms with Crippen LogP contribution in [0.5, 0.6) is 0 Å². The zero-order valence-electron chi connectivity index (χ0n) is 12.9. The molecule has 8 heteroatoms. The van der Waals surface area contributed by atoms with Gasteiger partial charge in [-0.1, -0.05) is 0 Å². The number of fused-ring (bicyclic) bond motifs is 1. The van der Waals surface area contributed by atoms with Gasteiger partial charge in [-0.3, -0.25) is 5.10 Å². The molecule has 1 aliphatic carbocycles. The lowest BCUT2D eigenvalue weighted by Gasteiger charge is -2.09. The van der Waals surface area contributed by atoms with Crippen LogP contribution in [0.4, 0.5) is 17.6 Å². The molecule has 120 valence electrons. The van der Waals surface area contributed by atoms with E-state index in [-0.39, 0.29) is 0 Å². The van der Waals surface area contributed by atoms with Gasteiger partial charge in [0.1, 0.15) is 5.52 Å². The molecule has 0 saturated heterocycles. The maximum atomic E-state index is 4.59. The van der Waals surface area contributed by atoms with Gasteiger partial charge in [-0.05, 0) is 31.2 Å². The van der Waals surface area contributed by atoms with Crippen LogP contribution >= 0.6 is 11.8 Å². The summed E-state index contributed by atoms with van der Waals surface area (Å²) < 4.78 is 1.82. The Hall–Kier alpha value is -2.22. The first-order valence-corrected chi connectivity index (χ1v) is 9.13. The molecule has 0 amide bonds. The van der Waals surface area contributed by atoms with Crippen LogP contribution in [0.1, 0.15) is 24.5 Å². The number of aromatic amines is 1. The van der Waals surface area contributed by atoms with Crippen molar-refractivity contribution in [3.63, 3.8) is 0 Å². The quantitative estimate of drug-likeness (QED) is 0.578. The molecule has 0 radical (unpaired) electrons. The van der Waals surface area contributed by atoms with Crippen molar-refractivity contribution >= 4 is 34.9 Å². The molecule has 4 rings (SSSR count). The number of rotatable bonds is 7. The minimum Gasteiger partial charge on any atom is -0.367 e. The number of hydrogen-bond donors (Lipinski definition) is 3. The van der Waals surface area contributed by atoms with E-state index in [2.05, 4.69) is 37.2 Å². The van der Waals surface area contributed by atoms with Gasteiger partial charge >= 0.3 is 0 Å². The van der Waals surface area contributed by atoms with Crippen LogP contribution in [-0.4, -0.2) is 43.3 Å². The van der Waals surface area contributed by atoms with Crippen molar-refractivity contribution in [3.8, 4) is 0 Å². The summed E-state index contributed by atoms with van der Waals surface area (Å²) in [6.45, 7) is 0.868. The molecule has 7 nitrogen and oxygen atoms in total. The number of nitrogens with one attached hydrogen (secondary N) is 3. The minimum absolute atomic E-state index is 0.536. The molecule has 0 aromatic carbocycles. The van der Waals surface area contributed by atoms with Crippen LogP contribution in [0.25, 0.3) is 5.52 Å². The van der Waals surface area contributed by atoms with Crippen molar-refractivity contribution in [2.45, 2.75) is 18.8 Å². The average molecular weight is 329 g/mol. The molecule has 1 saturated carbocycles. The maximum absolute atomic E-state index is 4.59. The second-order valence-corrected chi connectivity index (χ2v) is 6.63. The third-order valence-electron chi connectivity index (χ3n) is 3.84. The van der Waals surface area contributed by atoms with E-state index in [1.165, 1.54) is 18.5 Å². The minimum atomic E-state index is 0.536. The zero-order chi connectivity index (χ0) is 15.6. The molecule has 0 unspecified atom stereocenters. The third kappa shape index (κ3) is 3.12. The first-order chi connectivity index (χ1) is 11.3. The standard InChI is InChI=1S/C15H19N7S/c1-23-8-6-16-14-12-3-2-7-22(12)21-15(18-14)17-13-9-11(19-20-13)10-4-5-10/h2-3,7,9-10H,4-6,8H2,1H3,(H3,16,17,18,19,20,21). The predicted molar refractivity (Wildman–Crippen MR) is 93.7 cm³/mol. The van der Waals surface area contributed by atoms with E-state index < -0.39 is 0 Å². The second kappa shape index (κ2) is 6.11. The Kier molecular flexibility index (Phi) is 3.82. The van der Waals surface area contributed by atoms with Gasteiger partial charge in [0, 0.05) is 36.2 Å². The molecule has 0 atom stereocenters. The van der Waals surface area contributed by atoms with E-state index in [1.54, 1.807) is 11.8 Å². The van der Waals surface area contributed by atoms with E-state index >= 15 is 0 Å². The maximum Gasteiger partial charge on any atom is 0.248 e. The van der Waals surface area contributed by atoms with Gasteiger partial charge in [0.05, 0.1) is 0 Å². The third-order valence-corrected chi connectivity index (χ3v) is 4.46. The SMILES string of the molecule is CSCCNc1nc(Nc2cc(C3CC3)[nH]n2)nn2cccc12. The van der Waals surface area contributed by atoms with Gasteiger partial charge in [-0.15, -0.1) is 5.10 Å².